The van der Waals surface area contributed by atoms with Crippen molar-refractivity contribution in [1.29, 1.82) is 0 Å². The molecule has 0 bridgehead atoms. The van der Waals surface area contributed by atoms with Gasteiger partial charge in [0.15, 0.2) is 5.78 Å². The van der Waals surface area contributed by atoms with Crippen molar-refractivity contribution >= 4 is 45.8 Å². The Labute approximate surface area is 219 Å². The lowest BCUT2D eigenvalue weighted by atomic mass is 9.65. The van der Waals surface area contributed by atoms with Crippen molar-refractivity contribution in [2.45, 2.75) is 44.4 Å². The molecule has 0 unspecified atom stereocenters. The zero-order valence-corrected chi connectivity index (χ0v) is 21.6. The highest BCUT2D eigenvalue weighted by molar-refractivity contribution is 8.04. The van der Waals surface area contributed by atoms with Gasteiger partial charge in [0.25, 0.3) is 0 Å². The minimum Gasteiger partial charge on any atom is -0.548 e. The first-order chi connectivity index (χ1) is 17.9. The van der Waals surface area contributed by atoms with Crippen LogP contribution in [0.3, 0.4) is 0 Å². The Kier molecular flexibility index (Phi) is 7.17. The molecule has 5 rings (SSSR count). The molecule has 0 saturated carbocycles. The van der Waals surface area contributed by atoms with Gasteiger partial charge in [0.1, 0.15) is 5.82 Å². The molecule has 1 spiro atoms. The van der Waals surface area contributed by atoms with Crippen molar-refractivity contribution in [3.8, 4) is 0 Å². The number of anilines is 2. The van der Waals surface area contributed by atoms with Gasteiger partial charge in [0, 0.05) is 53.8 Å². The molecule has 2 N–H and O–H groups in total. The van der Waals surface area contributed by atoms with Gasteiger partial charge in [-0.25, -0.2) is 4.98 Å². The highest BCUT2D eigenvalue weighted by Crippen LogP contribution is 2.53. The molecular formula is C28H29N4O4S-. The van der Waals surface area contributed by atoms with E-state index >= 15 is 0 Å². The van der Waals surface area contributed by atoms with Crippen LogP contribution < -0.4 is 15.7 Å². The second-order valence-corrected chi connectivity index (χ2v) is 11.3. The van der Waals surface area contributed by atoms with E-state index in [-0.39, 0.29) is 17.5 Å². The molecule has 1 aliphatic heterocycles. The highest BCUT2D eigenvalue weighted by atomic mass is 32.2. The van der Waals surface area contributed by atoms with Gasteiger partial charge in [-0.3, -0.25) is 9.78 Å². The largest absolute Gasteiger partial charge is 0.548 e. The topological polar surface area (TPSA) is 116 Å². The number of Topliss-reactive ketones (excluding diaryl/α,β-unsaturated/α-hetero) is 1. The van der Waals surface area contributed by atoms with E-state index in [4.69, 9.17) is 4.74 Å². The van der Waals surface area contributed by atoms with Crippen molar-refractivity contribution in [2.24, 2.45) is 5.41 Å². The summed E-state index contributed by atoms with van der Waals surface area (Å²) in [6, 6.07) is 10.5. The van der Waals surface area contributed by atoms with E-state index < -0.39 is 17.4 Å². The fourth-order valence-electron chi connectivity index (χ4n) is 4.92. The number of carboxylic acid groups (broad SMARTS) is 1. The summed E-state index contributed by atoms with van der Waals surface area (Å²) < 4.78 is 5.49. The summed E-state index contributed by atoms with van der Waals surface area (Å²) in [6.45, 7) is 5.02. The van der Waals surface area contributed by atoms with Crippen LogP contribution in [-0.4, -0.2) is 46.2 Å². The lowest BCUT2D eigenvalue weighted by Gasteiger charge is -2.47. The molecule has 37 heavy (non-hydrogen) atoms. The molecule has 1 atom stereocenters. The summed E-state index contributed by atoms with van der Waals surface area (Å²) in [4.78, 5) is 34.5. The third-order valence-electron chi connectivity index (χ3n) is 6.87. The minimum absolute atomic E-state index is 0.0989. The van der Waals surface area contributed by atoms with Crippen LogP contribution >= 0.6 is 11.8 Å². The zero-order chi connectivity index (χ0) is 26.0. The third kappa shape index (κ3) is 5.06. The Hall–Kier alpha value is -3.43. The van der Waals surface area contributed by atoms with Crippen LogP contribution in [0, 0.1) is 5.41 Å². The number of ketones is 1. The predicted molar refractivity (Wildman–Crippen MR) is 142 cm³/mol. The smallest absolute Gasteiger partial charge is 0.183 e. The van der Waals surface area contributed by atoms with Crippen molar-refractivity contribution in [3.63, 3.8) is 0 Å². The number of rotatable bonds is 9. The van der Waals surface area contributed by atoms with Crippen molar-refractivity contribution < 1.29 is 19.4 Å². The van der Waals surface area contributed by atoms with Crippen molar-refractivity contribution in [3.05, 3.63) is 71.2 Å². The van der Waals surface area contributed by atoms with Crippen molar-refractivity contribution in [1.82, 2.24) is 15.3 Å². The molecule has 9 heteroatoms. The van der Waals surface area contributed by atoms with Gasteiger partial charge < -0.3 is 25.3 Å². The van der Waals surface area contributed by atoms with E-state index in [0.29, 0.717) is 36.8 Å². The van der Waals surface area contributed by atoms with Gasteiger partial charge in [-0.2, -0.15) is 0 Å². The second-order valence-electron chi connectivity index (χ2n) is 9.69. The van der Waals surface area contributed by atoms with E-state index in [1.807, 2.05) is 50.2 Å². The van der Waals surface area contributed by atoms with Gasteiger partial charge in [-0.05, 0) is 54.5 Å². The Balaban J connectivity index is 1.33. The fraction of sp³-hybridized carbons (Fsp3) is 0.357. The van der Waals surface area contributed by atoms with E-state index in [1.54, 1.807) is 18.6 Å². The summed E-state index contributed by atoms with van der Waals surface area (Å²) >= 11 is 1.48. The zero-order valence-electron chi connectivity index (χ0n) is 20.8. The number of pyridine rings is 2. The SMILES string of the molecule is CC(C)SC1=C(N[C@@H](Cc2ccc(Nc3nccc4ccncc34)cc2)C(=O)[O-])C2(CCOCC2)C1=O. The number of carbonyl (C=O) groups excluding carboxylic acids is 2. The predicted octanol–water partition coefficient (Wildman–Crippen LogP) is 3.36. The Bertz CT molecular complexity index is 1340. The van der Waals surface area contributed by atoms with E-state index in [1.165, 1.54) is 11.8 Å². The molecule has 1 aromatic carbocycles. The third-order valence-corrected chi connectivity index (χ3v) is 7.97. The number of benzene rings is 1. The van der Waals surface area contributed by atoms with Gasteiger partial charge in [-0.1, -0.05) is 26.0 Å². The van der Waals surface area contributed by atoms with E-state index in [0.717, 1.165) is 27.7 Å². The summed E-state index contributed by atoms with van der Waals surface area (Å²) in [5.41, 5.74) is 1.74. The number of hydrogen-bond acceptors (Lipinski definition) is 9. The normalized spacial score (nSPS) is 17.6. The molecule has 8 nitrogen and oxygen atoms in total. The Morgan fingerprint density at radius 2 is 1.86 bits per heavy atom. The first-order valence-electron chi connectivity index (χ1n) is 12.4. The van der Waals surface area contributed by atoms with E-state index in [2.05, 4.69) is 20.6 Å². The molecule has 3 heterocycles. The number of fused-ring (bicyclic) bond motifs is 1. The average molecular weight is 518 g/mol. The lowest BCUT2D eigenvalue weighted by Crippen LogP contribution is -2.57. The van der Waals surface area contributed by atoms with Crippen LogP contribution in [0.15, 0.2) is 65.6 Å². The molecule has 192 valence electrons. The maximum absolute atomic E-state index is 13.1. The first-order valence-corrected chi connectivity index (χ1v) is 13.3. The maximum Gasteiger partial charge on any atom is 0.183 e. The summed E-state index contributed by atoms with van der Waals surface area (Å²) in [6.07, 6.45) is 6.61. The van der Waals surface area contributed by atoms with Gasteiger partial charge >= 0.3 is 0 Å². The van der Waals surface area contributed by atoms with Crippen LogP contribution in [-0.2, 0) is 20.7 Å². The van der Waals surface area contributed by atoms with Gasteiger partial charge in [0.05, 0.1) is 22.3 Å². The Morgan fingerprint density at radius 1 is 1.14 bits per heavy atom. The van der Waals surface area contributed by atoms with Gasteiger partial charge in [-0.15, -0.1) is 11.8 Å². The summed E-state index contributed by atoms with van der Waals surface area (Å²) in [5, 5.41) is 20.8. The number of carbonyl (C=O) groups is 2. The number of nitrogens with one attached hydrogen (secondary N) is 2. The molecule has 2 aromatic heterocycles. The molecule has 2 aliphatic rings. The van der Waals surface area contributed by atoms with Crippen LogP contribution in [0.5, 0.6) is 0 Å². The number of ether oxygens (including phenoxy) is 1. The molecule has 1 aliphatic carbocycles. The van der Waals surface area contributed by atoms with Crippen molar-refractivity contribution in [2.75, 3.05) is 18.5 Å². The fourth-order valence-corrected chi connectivity index (χ4v) is 6.07. The van der Waals surface area contributed by atoms with E-state index in [9.17, 15) is 14.7 Å². The standard InChI is InChI=1S/C28H30N4O4S/c1-17(2)37-23-24(28(25(23)33)9-13-36-14-10-28)32-22(27(34)35)15-18-3-5-20(6-4-18)31-26-21-16-29-11-7-19(21)8-12-30-26/h3-8,11-12,16-17,22,32H,9-10,13-15H2,1-2H3,(H,30,31)(H,34,35)/p-1/t22-/m0/s1. The average Bonchev–Trinajstić information content (AvgIpc) is 2.91. The minimum atomic E-state index is -1.20. The van der Waals surface area contributed by atoms with Crippen LogP contribution in [0.1, 0.15) is 32.3 Å². The highest BCUT2D eigenvalue weighted by Gasteiger charge is 2.55. The van der Waals surface area contributed by atoms with Gasteiger partial charge in [0.2, 0.25) is 0 Å². The number of nitrogens with zero attached hydrogens (tertiary/aromatic N) is 2. The summed E-state index contributed by atoms with van der Waals surface area (Å²) in [5.74, 6) is -0.398. The number of aromatic nitrogens is 2. The maximum atomic E-state index is 13.1. The number of aliphatic carboxylic acids is 1. The number of carboxylic acids is 1. The first kappa shape index (κ1) is 25.2. The molecule has 1 fully saturated rings. The molecule has 0 amide bonds. The quantitative estimate of drug-likeness (QED) is 0.441. The molecule has 1 saturated heterocycles. The number of hydrogen-bond donors (Lipinski definition) is 2. The van der Waals surface area contributed by atoms with Crippen LogP contribution in [0.4, 0.5) is 11.5 Å². The second kappa shape index (κ2) is 10.5. The number of thioether (sulfide) groups is 1. The molecular weight excluding hydrogens is 488 g/mol. The number of allylic oxidation sites excluding steroid dienone is 2. The van der Waals surface area contributed by atoms with Crippen LogP contribution in [0.2, 0.25) is 0 Å². The lowest BCUT2D eigenvalue weighted by molar-refractivity contribution is -0.308. The monoisotopic (exact) mass is 517 g/mol. The summed E-state index contributed by atoms with van der Waals surface area (Å²) in [7, 11) is 0. The molecule has 0 radical (unpaired) electrons. The van der Waals surface area contributed by atoms with Crippen LogP contribution in [0.25, 0.3) is 10.8 Å². The Morgan fingerprint density at radius 3 is 2.57 bits per heavy atom. The molecule has 3 aromatic rings.